The zero-order valence-corrected chi connectivity index (χ0v) is 11.4. The number of hydrogen-bond donors (Lipinski definition) is 0. The van der Waals surface area contributed by atoms with Crippen LogP contribution in [0.2, 0.25) is 0 Å². The summed E-state index contributed by atoms with van der Waals surface area (Å²) in [7, 11) is 0. The Morgan fingerprint density at radius 2 is 1.47 bits per heavy atom. The average molecular weight is 265 g/mol. The van der Waals surface area contributed by atoms with Gasteiger partial charge in [0.05, 0.1) is 5.04 Å². The van der Waals surface area contributed by atoms with Crippen molar-refractivity contribution in [3.8, 4) is 0 Å². The first-order valence-electron chi connectivity index (χ1n) is 6.43. The fourth-order valence-corrected chi connectivity index (χ4v) is 2.91. The van der Waals surface area contributed by atoms with Crippen LogP contribution in [0.25, 0.3) is 5.57 Å². The molecule has 1 heterocycles. The van der Waals surface area contributed by atoms with E-state index in [1.807, 2.05) is 23.9 Å². The summed E-state index contributed by atoms with van der Waals surface area (Å²) in [6.07, 6.45) is 2.21. The lowest BCUT2D eigenvalue weighted by Crippen LogP contribution is -1.91. The van der Waals surface area contributed by atoms with Gasteiger partial charge in [0.2, 0.25) is 0 Å². The predicted octanol–water partition coefficient (Wildman–Crippen LogP) is 4.26. The number of aliphatic imine (C=N–C) groups is 1. The van der Waals surface area contributed by atoms with Crippen LogP contribution in [-0.2, 0) is 0 Å². The maximum absolute atomic E-state index is 4.53. The first-order chi connectivity index (χ1) is 9.43. The van der Waals surface area contributed by atoms with Crippen molar-refractivity contribution >= 4 is 22.4 Å². The van der Waals surface area contributed by atoms with Crippen molar-refractivity contribution in [3.63, 3.8) is 0 Å². The molecule has 2 aromatic carbocycles. The van der Waals surface area contributed by atoms with Crippen molar-refractivity contribution < 1.29 is 0 Å². The first kappa shape index (κ1) is 12.2. The zero-order chi connectivity index (χ0) is 12.9. The predicted molar refractivity (Wildman–Crippen MR) is 84.7 cm³/mol. The average Bonchev–Trinajstić information content (AvgIpc) is 3.00. The van der Waals surface area contributed by atoms with Gasteiger partial charge in [-0.25, -0.2) is 0 Å². The molecule has 2 aromatic rings. The van der Waals surface area contributed by atoms with E-state index in [1.165, 1.54) is 16.7 Å². The highest BCUT2D eigenvalue weighted by atomic mass is 32.2. The van der Waals surface area contributed by atoms with Crippen molar-refractivity contribution in [1.82, 2.24) is 0 Å². The molecule has 0 saturated carbocycles. The van der Waals surface area contributed by atoms with Crippen LogP contribution in [0.3, 0.4) is 0 Å². The second-order valence-corrected chi connectivity index (χ2v) is 5.47. The molecular weight excluding hydrogens is 250 g/mol. The lowest BCUT2D eigenvalue weighted by atomic mass is 9.98. The molecule has 1 aliphatic rings. The van der Waals surface area contributed by atoms with E-state index < -0.39 is 0 Å². The van der Waals surface area contributed by atoms with E-state index in [-0.39, 0.29) is 0 Å². The number of rotatable bonds is 3. The van der Waals surface area contributed by atoms with Crippen molar-refractivity contribution in [3.05, 3.63) is 77.9 Å². The van der Waals surface area contributed by atoms with Gasteiger partial charge in [-0.2, -0.15) is 0 Å². The summed E-state index contributed by atoms with van der Waals surface area (Å²) >= 11 is 1.83. The molecule has 1 aliphatic heterocycles. The lowest BCUT2D eigenvalue weighted by molar-refractivity contribution is 1.18. The summed E-state index contributed by atoms with van der Waals surface area (Å²) in [6, 6.07) is 21.0. The van der Waals surface area contributed by atoms with E-state index in [1.54, 1.807) is 0 Å². The normalized spacial score (nSPS) is 14.0. The molecule has 0 aliphatic carbocycles. The molecule has 0 radical (unpaired) electrons. The van der Waals surface area contributed by atoms with Crippen molar-refractivity contribution in [2.24, 2.45) is 4.99 Å². The van der Waals surface area contributed by atoms with Crippen LogP contribution in [0.4, 0.5) is 0 Å². The van der Waals surface area contributed by atoms with Gasteiger partial charge in [0, 0.05) is 12.3 Å². The topological polar surface area (TPSA) is 12.4 Å². The summed E-state index contributed by atoms with van der Waals surface area (Å²) in [6.45, 7) is 0.938. The molecule has 19 heavy (non-hydrogen) atoms. The fourth-order valence-electron chi connectivity index (χ4n) is 2.13. The van der Waals surface area contributed by atoms with Crippen LogP contribution in [0.5, 0.6) is 0 Å². The van der Waals surface area contributed by atoms with Crippen molar-refractivity contribution in [2.45, 2.75) is 0 Å². The summed E-state index contributed by atoms with van der Waals surface area (Å²) in [5.41, 5.74) is 3.72. The standard InChI is InChI=1S/C17H15NS/c1-3-7-14(8-4-1)16(13-17-18-11-12-19-17)15-9-5-2-6-10-15/h1-10,13H,11-12H2. The third-order valence-electron chi connectivity index (χ3n) is 3.05. The van der Waals surface area contributed by atoms with Crippen molar-refractivity contribution in [1.29, 1.82) is 0 Å². The van der Waals surface area contributed by atoms with Crippen molar-refractivity contribution in [2.75, 3.05) is 12.3 Å². The molecule has 0 spiro atoms. The van der Waals surface area contributed by atoms with Gasteiger partial charge in [-0.05, 0) is 22.8 Å². The van der Waals surface area contributed by atoms with Crippen LogP contribution in [0.15, 0.2) is 71.7 Å². The van der Waals surface area contributed by atoms with E-state index in [4.69, 9.17) is 0 Å². The highest BCUT2D eigenvalue weighted by molar-refractivity contribution is 8.14. The molecule has 0 bridgehead atoms. The van der Waals surface area contributed by atoms with E-state index in [2.05, 4.69) is 59.6 Å². The Morgan fingerprint density at radius 3 is 1.95 bits per heavy atom. The molecule has 0 atom stereocenters. The molecule has 0 unspecified atom stereocenters. The van der Waals surface area contributed by atoms with Gasteiger partial charge in [0.25, 0.3) is 0 Å². The Morgan fingerprint density at radius 1 is 0.895 bits per heavy atom. The van der Waals surface area contributed by atoms with Crippen LogP contribution in [-0.4, -0.2) is 17.3 Å². The van der Waals surface area contributed by atoms with E-state index >= 15 is 0 Å². The minimum absolute atomic E-state index is 0.938. The molecule has 0 N–H and O–H groups in total. The highest BCUT2D eigenvalue weighted by Crippen LogP contribution is 2.25. The Balaban J connectivity index is 2.06. The van der Waals surface area contributed by atoms with Gasteiger partial charge >= 0.3 is 0 Å². The molecule has 2 heteroatoms. The van der Waals surface area contributed by atoms with Crippen LogP contribution >= 0.6 is 11.8 Å². The summed E-state index contributed by atoms with van der Waals surface area (Å²) in [5, 5.41) is 1.14. The monoisotopic (exact) mass is 265 g/mol. The fraction of sp³-hybridized carbons (Fsp3) is 0.118. The second kappa shape index (κ2) is 5.89. The summed E-state index contributed by atoms with van der Waals surface area (Å²) in [5.74, 6) is 1.10. The number of benzene rings is 2. The van der Waals surface area contributed by atoms with E-state index in [0.717, 1.165) is 17.3 Å². The molecule has 94 valence electrons. The molecule has 0 fully saturated rings. The minimum Gasteiger partial charge on any atom is -0.278 e. The number of nitrogens with zero attached hydrogens (tertiary/aromatic N) is 1. The third-order valence-corrected chi connectivity index (χ3v) is 3.98. The van der Waals surface area contributed by atoms with E-state index in [9.17, 15) is 0 Å². The Labute approximate surface area is 118 Å². The minimum atomic E-state index is 0.938. The molecule has 0 saturated heterocycles. The smallest absolute Gasteiger partial charge is 0.0911 e. The molecule has 1 nitrogen and oxygen atoms in total. The Kier molecular flexibility index (Phi) is 3.80. The second-order valence-electron chi connectivity index (χ2n) is 4.36. The molecule has 0 aromatic heterocycles. The quantitative estimate of drug-likeness (QED) is 0.807. The number of thioether (sulfide) groups is 1. The number of hydrogen-bond acceptors (Lipinski definition) is 2. The molecule has 3 rings (SSSR count). The molecule has 0 amide bonds. The maximum atomic E-state index is 4.53. The van der Waals surface area contributed by atoms with Gasteiger partial charge < -0.3 is 0 Å². The third kappa shape index (κ3) is 2.96. The Bertz CT molecular complexity index is 558. The van der Waals surface area contributed by atoms with Gasteiger partial charge in [-0.15, -0.1) is 11.8 Å². The summed E-state index contributed by atoms with van der Waals surface area (Å²) < 4.78 is 0. The van der Waals surface area contributed by atoms with Gasteiger partial charge in [-0.1, -0.05) is 60.7 Å². The van der Waals surface area contributed by atoms with Crippen LogP contribution < -0.4 is 0 Å². The Hall–Kier alpha value is -1.80. The van der Waals surface area contributed by atoms with Crippen LogP contribution in [0.1, 0.15) is 11.1 Å². The lowest BCUT2D eigenvalue weighted by Gasteiger charge is -2.08. The highest BCUT2D eigenvalue weighted by Gasteiger charge is 2.09. The largest absolute Gasteiger partial charge is 0.278 e. The SMILES string of the molecule is C(=C(c1ccccc1)c1ccccc1)C1=NCCS1. The molecular formula is C17H15NS. The maximum Gasteiger partial charge on any atom is 0.0911 e. The van der Waals surface area contributed by atoms with E-state index in [0.29, 0.717) is 0 Å². The summed E-state index contributed by atoms with van der Waals surface area (Å²) in [4.78, 5) is 4.53. The van der Waals surface area contributed by atoms with Gasteiger partial charge in [0.15, 0.2) is 0 Å². The first-order valence-corrected chi connectivity index (χ1v) is 7.42. The van der Waals surface area contributed by atoms with Crippen LogP contribution in [0, 0.1) is 0 Å². The zero-order valence-electron chi connectivity index (χ0n) is 10.6. The van der Waals surface area contributed by atoms with Gasteiger partial charge in [-0.3, -0.25) is 4.99 Å². The van der Waals surface area contributed by atoms with Gasteiger partial charge in [0.1, 0.15) is 0 Å².